The second-order valence-electron chi connectivity index (χ2n) is 3.00. The molecule has 0 fully saturated rings. The van der Waals surface area contributed by atoms with Gasteiger partial charge in [0.15, 0.2) is 0 Å². The molecule has 2 aromatic heterocycles. The lowest BCUT2D eigenvalue weighted by molar-refractivity contribution is 1.04. The molecule has 2 N–H and O–H groups in total. The maximum atomic E-state index is 3.94. The van der Waals surface area contributed by atoms with E-state index in [9.17, 15) is 0 Å². The van der Waals surface area contributed by atoms with Gasteiger partial charge in [0.25, 0.3) is 0 Å². The molecule has 0 aromatic carbocycles. The van der Waals surface area contributed by atoms with Crippen molar-refractivity contribution in [1.29, 1.82) is 0 Å². The quantitative estimate of drug-likeness (QED) is 0.759. The molecule has 0 radical (unpaired) electrons. The standard InChI is InChI=1S/C9H11N5/c1-7-8(3-13-14-7)2-12-9-4-10-6-11-5-9/h3-6,12H,2H2,1H3,(H,13,14). The molecule has 0 aliphatic rings. The van der Waals surface area contributed by atoms with E-state index in [4.69, 9.17) is 0 Å². The summed E-state index contributed by atoms with van der Waals surface area (Å²) in [7, 11) is 0. The maximum absolute atomic E-state index is 3.94. The highest BCUT2D eigenvalue weighted by molar-refractivity contribution is 5.38. The summed E-state index contributed by atoms with van der Waals surface area (Å²) in [5, 5.41) is 10.0. The molecule has 5 nitrogen and oxygen atoms in total. The van der Waals surface area contributed by atoms with Gasteiger partial charge in [-0.15, -0.1) is 0 Å². The van der Waals surface area contributed by atoms with Crippen molar-refractivity contribution in [2.24, 2.45) is 0 Å². The van der Waals surface area contributed by atoms with Crippen LogP contribution in [0.2, 0.25) is 0 Å². The van der Waals surface area contributed by atoms with Crippen molar-refractivity contribution in [3.05, 3.63) is 36.2 Å². The molecule has 0 atom stereocenters. The average Bonchev–Trinajstić information content (AvgIpc) is 2.63. The Labute approximate surface area is 81.6 Å². The molecule has 0 spiro atoms. The number of hydrogen-bond acceptors (Lipinski definition) is 4. The van der Waals surface area contributed by atoms with Gasteiger partial charge in [-0.05, 0) is 6.92 Å². The Hall–Kier alpha value is -1.91. The maximum Gasteiger partial charge on any atom is 0.115 e. The zero-order valence-corrected chi connectivity index (χ0v) is 7.86. The monoisotopic (exact) mass is 189 g/mol. The molecule has 5 heteroatoms. The topological polar surface area (TPSA) is 66.5 Å². The van der Waals surface area contributed by atoms with Crippen molar-refractivity contribution in [3.63, 3.8) is 0 Å². The van der Waals surface area contributed by atoms with Gasteiger partial charge >= 0.3 is 0 Å². The van der Waals surface area contributed by atoms with Crippen molar-refractivity contribution in [2.75, 3.05) is 5.32 Å². The molecule has 2 aromatic rings. The minimum absolute atomic E-state index is 0.732. The molecule has 0 saturated heterocycles. The summed E-state index contributed by atoms with van der Waals surface area (Å²) in [5.41, 5.74) is 3.14. The van der Waals surface area contributed by atoms with Crippen LogP contribution < -0.4 is 5.32 Å². The second kappa shape index (κ2) is 3.87. The van der Waals surface area contributed by atoms with Gasteiger partial charge in [-0.1, -0.05) is 0 Å². The Morgan fingerprint density at radius 1 is 1.29 bits per heavy atom. The van der Waals surface area contributed by atoms with E-state index >= 15 is 0 Å². The van der Waals surface area contributed by atoms with E-state index in [0.29, 0.717) is 0 Å². The summed E-state index contributed by atoms with van der Waals surface area (Å²) in [4.78, 5) is 7.82. The number of rotatable bonds is 3. The number of aromatic nitrogens is 4. The minimum atomic E-state index is 0.732. The first-order chi connectivity index (χ1) is 6.86. The summed E-state index contributed by atoms with van der Waals surface area (Å²) in [6.07, 6.45) is 6.80. The third kappa shape index (κ3) is 1.87. The molecular weight excluding hydrogens is 178 g/mol. The predicted molar refractivity (Wildman–Crippen MR) is 52.7 cm³/mol. The zero-order chi connectivity index (χ0) is 9.80. The first-order valence-corrected chi connectivity index (χ1v) is 4.34. The largest absolute Gasteiger partial charge is 0.378 e. The van der Waals surface area contributed by atoms with Crippen LogP contribution in [-0.4, -0.2) is 20.2 Å². The van der Waals surface area contributed by atoms with E-state index in [1.54, 1.807) is 12.4 Å². The Kier molecular flexibility index (Phi) is 2.40. The molecule has 0 unspecified atom stereocenters. The van der Waals surface area contributed by atoms with Crippen LogP contribution in [0.5, 0.6) is 0 Å². The van der Waals surface area contributed by atoms with Crippen LogP contribution in [0.3, 0.4) is 0 Å². The van der Waals surface area contributed by atoms with E-state index in [1.807, 2.05) is 13.1 Å². The lowest BCUT2D eigenvalue weighted by Gasteiger charge is -2.03. The number of aromatic amines is 1. The Bertz CT molecular complexity index is 395. The molecule has 2 rings (SSSR count). The number of anilines is 1. The number of nitrogens with zero attached hydrogens (tertiary/aromatic N) is 3. The van der Waals surface area contributed by atoms with Gasteiger partial charge in [0, 0.05) is 17.8 Å². The van der Waals surface area contributed by atoms with Crippen LogP contribution in [0.1, 0.15) is 11.3 Å². The van der Waals surface area contributed by atoms with Crippen LogP contribution in [-0.2, 0) is 6.54 Å². The fraction of sp³-hybridized carbons (Fsp3) is 0.222. The highest BCUT2D eigenvalue weighted by atomic mass is 15.1. The van der Waals surface area contributed by atoms with E-state index in [2.05, 4.69) is 25.5 Å². The highest BCUT2D eigenvalue weighted by Gasteiger charge is 1.99. The predicted octanol–water partition coefficient (Wildman–Crippen LogP) is 1.12. The zero-order valence-electron chi connectivity index (χ0n) is 7.86. The van der Waals surface area contributed by atoms with E-state index in [1.165, 1.54) is 6.33 Å². The summed E-state index contributed by atoms with van der Waals surface area (Å²) in [5.74, 6) is 0. The highest BCUT2D eigenvalue weighted by Crippen LogP contribution is 2.07. The van der Waals surface area contributed by atoms with Crippen molar-refractivity contribution in [1.82, 2.24) is 20.2 Å². The van der Waals surface area contributed by atoms with E-state index < -0.39 is 0 Å². The van der Waals surface area contributed by atoms with Crippen molar-refractivity contribution < 1.29 is 0 Å². The van der Waals surface area contributed by atoms with Crippen LogP contribution in [0, 0.1) is 6.92 Å². The molecule has 2 heterocycles. The van der Waals surface area contributed by atoms with Crippen molar-refractivity contribution >= 4 is 5.69 Å². The normalized spacial score (nSPS) is 10.1. The molecule has 72 valence electrons. The minimum Gasteiger partial charge on any atom is -0.378 e. The molecule has 14 heavy (non-hydrogen) atoms. The number of aryl methyl sites for hydroxylation is 1. The lowest BCUT2D eigenvalue weighted by atomic mass is 10.2. The van der Waals surface area contributed by atoms with Crippen LogP contribution in [0.4, 0.5) is 5.69 Å². The average molecular weight is 189 g/mol. The van der Waals surface area contributed by atoms with E-state index in [0.717, 1.165) is 23.5 Å². The molecule has 0 bridgehead atoms. The van der Waals surface area contributed by atoms with E-state index in [-0.39, 0.29) is 0 Å². The fourth-order valence-corrected chi connectivity index (χ4v) is 1.14. The lowest BCUT2D eigenvalue weighted by Crippen LogP contribution is -2.00. The summed E-state index contributed by atoms with van der Waals surface area (Å²) < 4.78 is 0. The van der Waals surface area contributed by atoms with Gasteiger partial charge in [0.1, 0.15) is 6.33 Å². The van der Waals surface area contributed by atoms with Crippen molar-refractivity contribution in [3.8, 4) is 0 Å². The first-order valence-electron chi connectivity index (χ1n) is 4.34. The summed E-state index contributed by atoms with van der Waals surface area (Å²) in [6, 6.07) is 0. The molecule has 0 aliphatic carbocycles. The van der Waals surface area contributed by atoms with Gasteiger partial charge in [-0.25, -0.2) is 9.97 Å². The third-order valence-corrected chi connectivity index (χ3v) is 1.98. The van der Waals surface area contributed by atoms with Crippen LogP contribution in [0.15, 0.2) is 24.9 Å². The summed E-state index contributed by atoms with van der Waals surface area (Å²) >= 11 is 0. The Balaban J connectivity index is 1.99. The Morgan fingerprint density at radius 2 is 2.07 bits per heavy atom. The Morgan fingerprint density at radius 3 is 2.71 bits per heavy atom. The molecule has 0 amide bonds. The second-order valence-corrected chi connectivity index (χ2v) is 3.00. The number of hydrogen-bond donors (Lipinski definition) is 2. The van der Waals surface area contributed by atoms with Crippen LogP contribution >= 0.6 is 0 Å². The van der Waals surface area contributed by atoms with Crippen LogP contribution in [0.25, 0.3) is 0 Å². The first kappa shape index (κ1) is 8.68. The van der Waals surface area contributed by atoms with Gasteiger partial charge in [0.05, 0.1) is 24.3 Å². The van der Waals surface area contributed by atoms with Gasteiger partial charge in [0.2, 0.25) is 0 Å². The summed E-state index contributed by atoms with van der Waals surface area (Å²) in [6.45, 7) is 2.72. The molecule has 0 saturated carbocycles. The number of nitrogens with one attached hydrogen (secondary N) is 2. The van der Waals surface area contributed by atoms with Crippen molar-refractivity contribution in [2.45, 2.75) is 13.5 Å². The number of H-pyrrole nitrogens is 1. The van der Waals surface area contributed by atoms with Gasteiger partial charge < -0.3 is 5.32 Å². The fourth-order valence-electron chi connectivity index (χ4n) is 1.14. The smallest absolute Gasteiger partial charge is 0.115 e. The third-order valence-electron chi connectivity index (χ3n) is 1.98. The SMILES string of the molecule is Cc1[nH]ncc1CNc1cncnc1. The molecule has 0 aliphatic heterocycles. The van der Waals surface area contributed by atoms with Gasteiger partial charge in [-0.3, -0.25) is 5.10 Å². The molecular formula is C9H11N5. The van der Waals surface area contributed by atoms with Gasteiger partial charge in [-0.2, -0.15) is 5.10 Å².